The Morgan fingerprint density at radius 1 is 1.15 bits per heavy atom. The lowest BCUT2D eigenvalue weighted by Gasteiger charge is -1.96. The van der Waals surface area contributed by atoms with Crippen LogP contribution in [0, 0.1) is 0 Å². The summed E-state index contributed by atoms with van der Waals surface area (Å²) in [4.78, 5) is 22.1. The zero-order valence-electron chi connectivity index (χ0n) is 6.14. The highest BCUT2D eigenvalue weighted by Crippen LogP contribution is 2.30. The van der Waals surface area contributed by atoms with E-state index in [0.717, 1.165) is 0 Å². The van der Waals surface area contributed by atoms with Crippen LogP contribution in [0.4, 0.5) is 0 Å². The van der Waals surface area contributed by atoms with Crippen molar-refractivity contribution in [3.05, 3.63) is 32.8 Å². The van der Waals surface area contributed by atoms with Gasteiger partial charge in [0.2, 0.25) is 0 Å². The molecule has 0 saturated carbocycles. The predicted octanol–water partition coefficient (Wildman–Crippen LogP) is 2.41. The van der Waals surface area contributed by atoms with E-state index in [0.29, 0.717) is 9.50 Å². The highest BCUT2D eigenvalue weighted by Gasteiger charge is 2.30. The summed E-state index contributed by atoms with van der Waals surface area (Å²) in [6.07, 6.45) is 0. The summed E-state index contributed by atoms with van der Waals surface area (Å²) in [5.41, 5.74) is 0.472. The van der Waals surface area contributed by atoms with E-state index in [2.05, 4.69) is 20.7 Å². The number of hydrogen-bond acceptors (Lipinski definition) is 3. The third kappa shape index (κ3) is 1.26. The number of halogens is 2. The van der Waals surface area contributed by atoms with Crippen LogP contribution in [0.2, 0.25) is 5.02 Å². The molecule has 0 aromatic heterocycles. The minimum atomic E-state index is -0.644. The van der Waals surface area contributed by atoms with E-state index >= 15 is 0 Å². The van der Waals surface area contributed by atoms with Gasteiger partial charge >= 0.3 is 11.9 Å². The average Bonchev–Trinajstić information content (AvgIpc) is 2.31. The summed E-state index contributed by atoms with van der Waals surface area (Å²) in [6, 6.07) is 2.89. The van der Waals surface area contributed by atoms with Gasteiger partial charge in [-0.25, -0.2) is 9.59 Å². The Balaban J connectivity index is 2.72. The Kier molecular flexibility index (Phi) is 1.89. The van der Waals surface area contributed by atoms with E-state index in [1.807, 2.05) is 0 Å². The molecule has 1 aliphatic rings. The van der Waals surface area contributed by atoms with Gasteiger partial charge in [-0.05, 0) is 28.1 Å². The molecule has 0 spiro atoms. The Labute approximate surface area is 86.8 Å². The van der Waals surface area contributed by atoms with Crippen molar-refractivity contribution in [1.29, 1.82) is 0 Å². The maximum Gasteiger partial charge on any atom is 0.346 e. The number of fused-ring (bicyclic) bond motifs is 1. The molecule has 0 unspecified atom stereocenters. The van der Waals surface area contributed by atoms with Crippen LogP contribution in [-0.2, 0) is 4.74 Å². The highest BCUT2D eigenvalue weighted by molar-refractivity contribution is 9.10. The number of hydrogen-bond donors (Lipinski definition) is 0. The van der Waals surface area contributed by atoms with Gasteiger partial charge in [0.25, 0.3) is 0 Å². The molecule has 0 fully saturated rings. The van der Waals surface area contributed by atoms with Crippen molar-refractivity contribution in [2.75, 3.05) is 0 Å². The van der Waals surface area contributed by atoms with E-state index in [4.69, 9.17) is 11.6 Å². The van der Waals surface area contributed by atoms with Crippen LogP contribution in [0.1, 0.15) is 20.7 Å². The first-order valence-electron chi connectivity index (χ1n) is 3.35. The molecule has 13 heavy (non-hydrogen) atoms. The largest absolute Gasteiger partial charge is 0.386 e. The van der Waals surface area contributed by atoms with Gasteiger partial charge in [0, 0.05) is 4.47 Å². The van der Waals surface area contributed by atoms with E-state index < -0.39 is 11.9 Å². The van der Waals surface area contributed by atoms with Crippen molar-refractivity contribution in [3.63, 3.8) is 0 Å². The SMILES string of the molecule is O=C1OC(=O)c2cc(Br)c(Cl)cc21. The average molecular weight is 261 g/mol. The predicted molar refractivity (Wildman–Crippen MR) is 48.9 cm³/mol. The summed E-state index contributed by atoms with van der Waals surface area (Å²) < 4.78 is 4.95. The summed E-state index contributed by atoms with van der Waals surface area (Å²) >= 11 is 8.88. The molecule has 1 aromatic rings. The summed E-state index contributed by atoms with van der Waals surface area (Å²) in [7, 11) is 0. The molecule has 3 nitrogen and oxygen atoms in total. The lowest BCUT2D eigenvalue weighted by molar-refractivity contribution is 0.0444. The van der Waals surface area contributed by atoms with Gasteiger partial charge in [-0.1, -0.05) is 11.6 Å². The molecule has 0 N–H and O–H groups in total. The first-order valence-corrected chi connectivity index (χ1v) is 4.52. The molecule has 0 aliphatic carbocycles. The maximum atomic E-state index is 11.0. The van der Waals surface area contributed by atoms with Crippen molar-refractivity contribution in [2.45, 2.75) is 0 Å². The summed E-state index contributed by atoms with van der Waals surface area (Å²) in [5.74, 6) is -1.27. The van der Waals surface area contributed by atoms with Gasteiger partial charge < -0.3 is 4.74 Å². The minimum Gasteiger partial charge on any atom is -0.386 e. The highest BCUT2D eigenvalue weighted by atomic mass is 79.9. The van der Waals surface area contributed by atoms with Crippen LogP contribution >= 0.6 is 27.5 Å². The zero-order valence-corrected chi connectivity index (χ0v) is 8.48. The third-order valence-corrected chi connectivity index (χ3v) is 2.88. The van der Waals surface area contributed by atoms with Gasteiger partial charge in [0.1, 0.15) is 0 Å². The molecule has 2 rings (SSSR count). The van der Waals surface area contributed by atoms with E-state index in [1.54, 1.807) is 0 Å². The van der Waals surface area contributed by atoms with Crippen LogP contribution < -0.4 is 0 Å². The molecular formula is C8H2BrClO3. The normalized spacial score (nSPS) is 14.3. The molecule has 5 heteroatoms. The summed E-state index contributed by atoms with van der Waals surface area (Å²) in [6.45, 7) is 0. The van der Waals surface area contributed by atoms with Crippen LogP contribution in [-0.4, -0.2) is 11.9 Å². The Hall–Kier alpha value is -0.870. The molecule has 66 valence electrons. The van der Waals surface area contributed by atoms with Crippen LogP contribution in [0.25, 0.3) is 0 Å². The Morgan fingerprint density at radius 3 is 2.31 bits per heavy atom. The van der Waals surface area contributed by atoms with Crippen molar-refractivity contribution in [1.82, 2.24) is 0 Å². The number of rotatable bonds is 0. The molecule has 0 atom stereocenters. The van der Waals surface area contributed by atoms with Crippen LogP contribution in [0.5, 0.6) is 0 Å². The standard InChI is InChI=1S/C8H2BrClO3/c9-5-1-3-4(2-6(5)10)8(12)13-7(3)11/h1-2H. The molecule has 0 saturated heterocycles. The Morgan fingerprint density at radius 2 is 1.69 bits per heavy atom. The van der Waals surface area contributed by atoms with Gasteiger partial charge in [0.15, 0.2) is 0 Å². The Bertz CT molecular complexity index is 389. The second-order valence-corrected chi connectivity index (χ2v) is 3.75. The molecule has 1 aliphatic heterocycles. The van der Waals surface area contributed by atoms with Crippen molar-refractivity contribution < 1.29 is 14.3 Å². The van der Waals surface area contributed by atoms with Gasteiger partial charge in [0.05, 0.1) is 16.1 Å². The molecular weight excluding hydrogens is 259 g/mol. The molecule has 0 amide bonds. The maximum absolute atomic E-state index is 11.0. The van der Waals surface area contributed by atoms with Crippen molar-refractivity contribution in [3.8, 4) is 0 Å². The first-order chi connectivity index (χ1) is 6.09. The van der Waals surface area contributed by atoms with Crippen molar-refractivity contribution in [2.24, 2.45) is 0 Å². The third-order valence-electron chi connectivity index (χ3n) is 1.69. The first kappa shape index (κ1) is 8.72. The quantitative estimate of drug-likeness (QED) is 0.532. The van der Waals surface area contributed by atoms with Gasteiger partial charge in [-0.3, -0.25) is 0 Å². The fraction of sp³-hybridized carbons (Fsp3) is 0. The molecule has 1 aromatic carbocycles. The number of benzene rings is 1. The second-order valence-electron chi connectivity index (χ2n) is 2.49. The van der Waals surface area contributed by atoms with Gasteiger partial charge in [-0.15, -0.1) is 0 Å². The summed E-state index contributed by atoms with van der Waals surface area (Å²) in [5, 5.41) is 0.380. The second kappa shape index (κ2) is 2.82. The number of carbonyl (C=O) groups excluding carboxylic acids is 2. The fourth-order valence-electron chi connectivity index (χ4n) is 1.08. The van der Waals surface area contributed by atoms with Crippen LogP contribution in [0.15, 0.2) is 16.6 Å². The van der Waals surface area contributed by atoms with E-state index in [9.17, 15) is 9.59 Å². The number of ether oxygens (including phenoxy) is 1. The minimum absolute atomic E-state index is 0.221. The van der Waals surface area contributed by atoms with Gasteiger partial charge in [-0.2, -0.15) is 0 Å². The smallest absolute Gasteiger partial charge is 0.346 e. The number of carbonyl (C=O) groups is 2. The zero-order chi connectivity index (χ0) is 9.59. The molecule has 0 bridgehead atoms. The lowest BCUT2D eigenvalue weighted by Crippen LogP contribution is -1.96. The van der Waals surface area contributed by atoms with E-state index in [1.165, 1.54) is 12.1 Å². The monoisotopic (exact) mass is 260 g/mol. The molecule has 1 heterocycles. The number of esters is 2. The lowest BCUT2D eigenvalue weighted by atomic mass is 10.1. The molecule has 0 radical (unpaired) electrons. The fourth-order valence-corrected chi connectivity index (χ4v) is 1.59. The van der Waals surface area contributed by atoms with E-state index in [-0.39, 0.29) is 11.1 Å². The van der Waals surface area contributed by atoms with Crippen molar-refractivity contribution >= 4 is 39.5 Å². The number of cyclic esters (lactones) is 2. The van der Waals surface area contributed by atoms with Crippen LogP contribution in [0.3, 0.4) is 0 Å². The topological polar surface area (TPSA) is 43.4 Å².